The molecular weight excluding hydrogens is 283 g/mol. The first-order chi connectivity index (χ1) is 10.6. The quantitative estimate of drug-likeness (QED) is 0.806. The largest absolute Gasteiger partial charge is 0.355 e. The van der Waals surface area contributed by atoms with Crippen LogP contribution in [0.25, 0.3) is 11.0 Å². The summed E-state index contributed by atoms with van der Waals surface area (Å²) in [4.78, 5) is 19.6. The van der Waals surface area contributed by atoms with Gasteiger partial charge in [0.2, 0.25) is 5.91 Å². The maximum absolute atomic E-state index is 13.1. The zero-order valence-corrected chi connectivity index (χ0v) is 12.4. The second kappa shape index (κ2) is 6.44. The lowest BCUT2D eigenvalue weighted by Gasteiger charge is -2.25. The van der Waals surface area contributed by atoms with E-state index in [4.69, 9.17) is 5.73 Å². The number of rotatable bonds is 4. The lowest BCUT2D eigenvalue weighted by molar-refractivity contribution is -0.126. The van der Waals surface area contributed by atoms with E-state index in [1.54, 1.807) is 6.07 Å². The van der Waals surface area contributed by atoms with E-state index in [9.17, 15) is 9.18 Å². The van der Waals surface area contributed by atoms with Gasteiger partial charge in [-0.3, -0.25) is 4.79 Å². The second-order valence-electron chi connectivity index (χ2n) is 6.01. The van der Waals surface area contributed by atoms with Gasteiger partial charge in [-0.2, -0.15) is 0 Å². The summed E-state index contributed by atoms with van der Waals surface area (Å²) in [5, 5.41) is 2.95. The first-order valence-electron chi connectivity index (χ1n) is 7.79. The van der Waals surface area contributed by atoms with Gasteiger partial charge in [-0.1, -0.05) is 6.42 Å². The molecule has 1 aliphatic carbocycles. The third-order valence-corrected chi connectivity index (χ3v) is 4.24. The first kappa shape index (κ1) is 15.0. The number of nitrogens with one attached hydrogen (secondary N) is 2. The molecule has 118 valence electrons. The number of nitrogens with zero attached hydrogens (tertiary/aromatic N) is 1. The van der Waals surface area contributed by atoms with Crippen LogP contribution in [0.3, 0.4) is 0 Å². The van der Waals surface area contributed by atoms with E-state index in [1.807, 2.05) is 0 Å². The van der Waals surface area contributed by atoms with E-state index in [0.717, 1.165) is 37.0 Å². The van der Waals surface area contributed by atoms with Crippen molar-refractivity contribution in [3.63, 3.8) is 0 Å². The van der Waals surface area contributed by atoms with E-state index in [1.165, 1.54) is 12.1 Å². The fourth-order valence-electron chi connectivity index (χ4n) is 3.07. The monoisotopic (exact) mass is 304 g/mol. The van der Waals surface area contributed by atoms with E-state index >= 15 is 0 Å². The number of aromatic nitrogens is 2. The topological polar surface area (TPSA) is 83.8 Å². The van der Waals surface area contributed by atoms with Gasteiger partial charge in [0.25, 0.3) is 0 Å². The SMILES string of the molecule is NC1CCCC(C(=O)NCCc2nc3ccc(F)cc3[nH]2)C1. The van der Waals surface area contributed by atoms with Crippen molar-refractivity contribution in [3.05, 3.63) is 29.8 Å². The Kier molecular flexibility index (Phi) is 4.38. The van der Waals surface area contributed by atoms with Crippen LogP contribution in [0, 0.1) is 11.7 Å². The van der Waals surface area contributed by atoms with Gasteiger partial charge in [-0.15, -0.1) is 0 Å². The van der Waals surface area contributed by atoms with Crippen LogP contribution in [0.4, 0.5) is 4.39 Å². The highest BCUT2D eigenvalue weighted by Gasteiger charge is 2.24. The molecular formula is C16H21FN4O. The summed E-state index contributed by atoms with van der Waals surface area (Å²) in [6.07, 6.45) is 4.33. The minimum absolute atomic E-state index is 0.0357. The number of H-pyrrole nitrogens is 1. The minimum atomic E-state index is -0.287. The van der Waals surface area contributed by atoms with Crippen LogP contribution in [-0.4, -0.2) is 28.5 Å². The Bertz CT molecular complexity index is 669. The molecule has 4 N–H and O–H groups in total. The smallest absolute Gasteiger partial charge is 0.223 e. The Morgan fingerprint density at radius 3 is 3.14 bits per heavy atom. The molecule has 1 aliphatic rings. The van der Waals surface area contributed by atoms with Gasteiger partial charge in [0.15, 0.2) is 0 Å². The number of carbonyl (C=O) groups is 1. The molecule has 1 aromatic carbocycles. The minimum Gasteiger partial charge on any atom is -0.355 e. The third kappa shape index (κ3) is 3.44. The van der Waals surface area contributed by atoms with E-state index in [0.29, 0.717) is 18.5 Å². The molecule has 5 nitrogen and oxygen atoms in total. The highest BCUT2D eigenvalue weighted by Crippen LogP contribution is 2.23. The number of aromatic amines is 1. The Morgan fingerprint density at radius 2 is 2.32 bits per heavy atom. The summed E-state index contributed by atoms with van der Waals surface area (Å²) in [6, 6.07) is 4.61. The molecule has 22 heavy (non-hydrogen) atoms. The van der Waals surface area contributed by atoms with Crippen molar-refractivity contribution in [1.82, 2.24) is 15.3 Å². The van der Waals surface area contributed by atoms with E-state index in [2.05, 4.69) is 15.3 Å². The Hall–Kier alpha value is -1.95. The third-order valence-electron chi connectivity index (χ3n) is 4.24. The summed E-state index contributed by atoms with van der Waals surface area (Å²) < 4.78 is 13.1. The van der Waals surface area contributed by atoms with Crippen molar-refractivity contribution in [2.45, 2.75) is 38.1 Å². The molecule has 0 aliphatic heterocycles. The van der Waals surface area contributed by atoms with E-state index in [-0.39, 0.29) is 23.7 Å². The summed E-state index contributed by atoms with van der Waals surface area (Å²) in [5.41, 5.74) is 7.33. The number of carbonyl (C=O) groups excluding carboxylic acids is 1. The van der Waals surface area contributed by atoms with Gasteiger partial charge in [0, 0.05) is 24.9 Å². The number of hydrogen-bond acceptors (Lipinski definition) is 3. The predicted octanol–water partition coefficient (Wildman–Crippen LogP) is 1.88. The Balaban J connectivity index is 1.52. The van der Waals surface area contributed by atoms with Gasteiger partial charge in [0.05, 0.1) is 11.0 Å². The number of nitrogens with two attached hydrogens (primary N) is 1. The molecule has 1 heterocycles. The zero-order valence-electron chi connectivity index (χ0n) is 12.4. The lowest BCUT2D eigenvalue weighted by Crippen LogP contribution is -2.38. The van der Waals surface area contributed by atoms with Crippen molar-refractivity contribution in [1.29, 1.82) is 0 Å². The van der Waals surface area contributed by atoms with Crippen LogP contribution in [0.5, 0.6) is 0 Å². The average molecular weight is 304 g/mol. The number of benzene rings is 1. The van der Waals surface area contributed by atoms with Gasteiger partial charge in [0.1, 0.15) is 11.6 Å². The number of amides is 1. The molecule has 2 unspecified atom stereocenters. The molecule has 0 spiro atoms. The maximum Gasteiger partial charge on any atom is 0.223 e. The molecule has 2 atom stereocenters. The molecule has 1 saturated carbocycles. The maximum atomic E-state index is 13.1. The van der Waals surface area contributed by atoms with E-state index < -0.39 is 0 Å². The number of fused-ring (bicyclic) bond motifs is 1. The van der Waals surface area contributed by atoms with Crippen molar-refractivity contribution in [3.8, 4) is 0 Å². The molecule has 0 radical (unpaired) electrons. The number of imidazole rings is 1. The van der Waals surface area contributed by atoms with Crippen LogP contribution in [0.1, 0.15) is 31.5 Å². The molecule has 1 fully saturated rings. The van der Waals surface area contributed by atoms with Crippen LogP contribution < -0.4 is 11.1 Å². The van der Waals surface area contributed by atoms with Crippen LogP contribution in [0.15, 0.2) is 18.2 Å². The molecule has 1 amide bonds. The Labute approximate surface area is 128 Å². The summed E-state index contributed by atoms with van der Waals surface area (Å²) in [6.45, 7) is 0.521. The molecule has 6 heteroatoms. The summed E-state index contributed by atoms with van der Waals surface area (Å²) in [5.74, 6) is 0.580. The summed E-state index contributed by atoms with van der Waals surface area (Å²) >= 11 is 0. The molecule has 2 aromatic rings. The summed E-state index contributed by atoms with van der Waals surface area (Å²) in [7, 11) is 0. The van der Waals surface area contributed by atoms with Gasteiger partial charge in [-0.05, 0) is 37.5 Å². The van der Waals surface area contributed by atoms with Crippen molar-refractivity contribution in [2.75, 3.05) is 6.54 Å². The van der Waals surface area contributed by atoms with Crippen LogP contribution in [0.2, 0.25) is 0 Å². The molecule has 0 saturated heterocycles. The number of halogens is 1. The fourth-order valence-corrected chi connectivity index (χ4v) is 3.07. The highest BCUT2D eigenvalue weighted by atomic mass is 19.1. The normalized spacial score (nSPS) is 21.9. The molecule has 1 aromatic heterocycles. The van der Waals surface area contributed by atoms with Gasteiger partial charge >= 0.3 is 0 Å². The van der Waals surface area contributed by atoms with Crippen molar-refractivity contribution < 1.29 is 9.18 Å². The Morgan fingerprint density at radius 1 is 1.45 bits per heavy atom. The lowest BCUT2D eigenvalue weighted by atomic mass is 9.85. The van der Waals surface area contributed by atoms with Crippen molar-refractivity contribution >= 4 is 16.9 Å². The number of hydrogen-bond donors (Lipinski definition) is 3. The fraction of sp³-hybridized carbons (Fsp3) is 0.500. The van der Waals surface area contributed by atoms with Crippen molar-refractivity contribution in [2.24, 2.45) is 11.7 Å². The highest BCUT2D eigenvalue weighted by molar-refractivity contribution is 5.78. The second-order valence-corrected chi connectivity index (χ2v) is 6.01. The zero-order chi connectivity index (χ0) is 15.5. The van der Waals surface area contributed by atoms with Gasteiger partial charge in [-0.25, -0.2) is 9.37 Å². The molecule has 3 rings (SSSR count). The molecule has 0 bridgehead atoms. The van der Waals surface area contributed by atoms with Gasteiger partial charge < -0.3 is 16.0 Å². The van der Waals surface area contributed by atoms with Crippen LogP contribution in [-0.2, 0) is 11.2 Å². The standard InChI is InChI=1S/C16H21FN4O/c17-11-4-5-13-14(9-11)21-15(20-13)6-7-19-16(22)10-2-1-3-12(18)8-10/h4-5,9-10,12H,1-3,6-8,18H2,(H,19,22)(H,20,21). The average Bonchev–Trinajstić information content (AvgIpc) is 2.89. The first-order valence-corrected chi connectivity index (χ1v) is 7.79. The predicted molar refractivity (Wildman–Crippen MR) is 82.7 cm³/mol. The van der Waals surface area contributed by atoms with Crippen LogP contribution >= 0.6 is 0 Å².